The zero-order valence-electron chi connectivity index (χ0n) is 12.7. The van der Waals surface area contributed by atoms with Crippen LogP contribution in [0.2, 0.25) is 0 Å². The number of amides is 4. The molecular formula is C15H15BrN2O5. The molecule has 23 heavy (non-hydrogen) atoms. The van der Waals surface area contributed by atoms with Gasteiger partial charge in [0.25, 0.3) is 0 Å². The van der Waals surface area contributed by atoms with Crippen molar-refractivity contribution in [2.75, 3.05) is 13.3 Å². The largest absolute Gasteiger partial charge is 0.454 e. The summed E-state index contributed by atoms with van der Waals surface area (Å²) in [6.45, 7) is 4.11. The monoisotopic (exact) mass is 382 g/mol. The summed E-state index contributed by atoms with van der Waals surface area (Å²) in [6, 6.07) is 2.83. The van der Waals surface area contributed by atoms with E-state index in [1.807, 2.05) is 13.8 Å². The third-order valence-corrected chi connectivity index (χ3v) is 4.29. The van der Waals surface area contributed by atoms with Gasteiger partial charge in [-0.05, 0) is 23.6 Å². The van der Waals surface area contributed by atoms with Crippen LogP contribution in [0.1, 0.15) is 19.4 Å². The zero-order valence-corrected chi connectivity index (χ0v) is 14.3. The lowest BCUT2D eigenvalue weighted by Crippen LogP contribution is -2.35. The predicted octanol–water partition coefficient (Wildman–Crippen LogP) is 2.12. The van der Waals surface area contributed by atoms with E-state index in [1.165, 1.54) is 0 Å². The number of hydrogen-bond donors (Lipinski definition) is 0. The summed E-state index contributed by atoms with van der Waals surface area (Å²) in [6.07, 6.45) is 0. The summed E-state index contributed by atoms with van der Waals surface area (Å²) in [4.78, 5) is 38.4. The smallest absolute Gasteiger partial charge is 0.334 e. The molecule has 2 aliphatic heterocycles. The maximum absolute atomic E-state index is 12.4. The Kier molecular flexibility index (Phi) is 4.01. The van der Waals surface area contributed by atoms with Crippen molar-refractivity contribution in [1.29, 1.82) is 0 Å². The standard InChI is InChI=1S/C15H15BrN2O5/c1-8(2)5-17-13(19)14(20)18(15(17)21)6-9-3-11-12(4-10(9)16)23-7-22-11/h3-4,8H,5-7H2,1-2H3. The molecule has 2 heterocycles. The highest BCUT2D eigenvalue weighted by Gasteiger charge is 2.44. The van der Waals surface area contributed by atoms with Crippen molar-refractivity contribution in [2.45, 2.75) is 20.4 Å². The number of imide groups is 2. The number of carbonyl (C=O) groups excluding carboxylic acids is 3. The van der Waals surface area contributed by atoms with Gasteiger partial charge in [0.2, 0.25) is 6.79 Å². The molecule has 0 bridgehead atoms. The SMILES string of the molecule is CC(C)CN1C(=O)C(=O)N(Cc2cc3c(cc2Br)OCO3)C1=O. The van der Waals surface area contributed by atoms with Crippen LogP contribution in [0.3, 0.4) is 0 Å². The number of ether oxygens (including phenoxy) is 2. The first kappa shape index (κ1) is 15.8. The average Bonchev–Trinajstić information content (AvgIpc) is 3.01. The maximum atomic E-state index is 12.4. The Hall–Kier alpha value is -2.09. The van der Waals surface area contributed by atoms with E-state index in [1.54, 1.807) is 12.1 Å². The molecule has 0 spiro atoms. The van der Waals surface area contributed by atoms with Crippen LogP contribution in [0, 0.1) is 5.92 Å². The van der Waals surface area contributed by atoms with E-state index in [4.69, 9.17) is 9.47 Å². The zero-order chi connectivity index (χ0) is 16.7. The molecule has 8 heteroatoms. The fourth-order valence-corrected chi connectivity index (χ4v) is 2.91. The summed E-state index contributed by atoms with van der Waals surface area (Å²) < 4.78 is 11.2. The second kappa shape index (κ2) is 5.84. The molecule has 0 unspecified atom stereocenters. The highest BCUT2D eigenvalue weighted by molar-refractivity contribution is 9.10. The fourth-order valence-electron chi connectivity index (χ4n) is 2.47. The van der Waals surface area contributed by atoms with Gasteiger partial charge in [0.1, 0.15) is 0 Å². The van der Waals surface area contributed by atoms with Crippen molar-refractivity contribution in [2.24, 2.45) is 5.92 Å². The first-order chi connectivity index (χ1) is 10.9. The molecule has 2 aliphatic rings. The third-order valence-electron chi connectivity index (χ3n) is 3.55. The number of carbonyl (C=O) groups is 3. The maximum Gasteiger partial charge on any atom is 0.334 e. The molecule has 3 rings (SSSR count). The Bertz CT molecular complexity index is 703. The number of rotatable bonds is 4. The molecule has 0 radical (unpaired) electrons. The van der Waals surface area contributed by atoms with Crippen molar-refractivity contribution >= 4 is 33.8 Å². The number of urea groups is 1. The molecule has 1 aromatic rings. The topological polar surface area (TPSA) is 76.2 Å². The minimum absolute atomic E-state index is 0.00474. The summed E-state index contributed by atoms with van der Waals surface area (Å²) in [7, 11) is 0. The lowest BCUT2D eigenvalue weighted by atomic mass is 10.2. The molecule has 1 fully saturated rings. The number of nitrogens with zero attached hydrogens (tertiary/aromatic N) is 2. The van der Waals surface area contributed by atoms with E-state index in [2.05, 4.69) is 15.9 Å². The van der Waals surface area contributed by atoms with Crippen LogP contribution in [0.15, 0.2) is 16.6 Å². The lowest BCUT2D eigenvalue weighted by Gasteiger charge is -2.17. The van der Waals surface area contributed by atoms with Crippen LogP contribution in [-0.2, 0) is 16.1 Å². The highest BCUT2D eigenvalue weighted by Crippen LogP contribution is 2.37. The Balaban J connectivity index is 1.84. The van der Waals surface area contributed by atoms with Gasteiger partial charge in [-0.3, -0.25) is 19.4 Å². The van der Waals surface area contributed by atoms with Gasteiger partial charge in [-0.15, -0.1) is 0 Å². The second-order valence-corrected chi connectivity index (χ2v) is 6.63. The summed E-state index contributed by atoms with van der Waals surface area (Å²) in [5.41, 5.74) is 0.662. The molecule has 7 nitrogen and oxygen atoms in total. The fraction of sp³-hybridized carbons (Fsp3) is 0.400. The second-order valence-electron chi connectivity index (χ2n) is 5.78. The Morgan fingerprint density at radius 2 is 1.70 bits per heavy atom. The van der Waals surface area contributed by atoms with E-state index in [9.17, 15) is 14.4 Å². The molecular weight excluding hydrogens is 368 g/mol. The molecule has 0 aromatic heterocycles. The summed E-state index contributed by atoms with van der Waals surface area (Å²) >= 11 is 3.38. The van der Waals surface area contributed by atoms with Crippen molar-refractivity contribution < 1.29 is 23.9 Å². The number of benzene rings is 1. The van der Waals surface area contributed by atoms with Crippen molar-refractivity contribution in [1.82, 2.24) is 9.80 Å². The molecule has 122 valence electrons. The van der Waals surface area contributed by atoms with Gasteiger partial charge in [0, 0.05) is 11.0 Å². The van der Waals surface area contributed by atoms with Crippen molar-refractivity contribution in [3.8, 4) is 11.5 Å². The van der Waals surface area contributed by atoms with Crippen LogP contribution < -0.4 is 9.47 Å². The van der Waals surface area contributed by atoms with Gasteiger partial charge in [-0.2, -0.15) is 0 Å². The van der Waals surface area contributed by atoms with Crippen molar-refractivity contribution in [3.63, 3.8) is 0 Å². The molecule has 1 aromatic carbocycles. The van der Waals surface area contributed by atoms with Gasteiger partial charge in [-0.1, -0.05) is 29.8 Å². The van der Waals surface area contributed by atoms with Crippen LogP contribution in [0.25, 0.3) is 0 Å². The molecule has 0 saturated carbocycles. The summed E-state index contributed by atoms with van der Waals surface area (Å²) in [5.74, 6) is -0.349. The van der Waals surface area contributed by atoms with Gasteiger partial charge in [0.05, 0.1) is 6.54 Å². The van der Waals surface area contributed by atoms with Gasteiger partial charge in [-0.25, -0.2) is 4.79 Å². The minimum atomic E-state index is -0.805. The number of halogens is 1. The van der Waals surface area contributed by atoms with E-state index >= 15 is 0 Å². The molecule has 1 saturated heterocycles. The minimum Gasteiger partial charge on any atom is -0.454 e. The van der Waals surface area contributed by atoms with E-state index < -0.39 is 17.8 Å². The van der Waals surface area contributed by atoms with Crippen LogP contribution in [0.4, 0.5) is 4.79 Å². The normalized spacial score (nSPS) is 17.0. The highest BCUT2D eigenvalue weighted by atomic mass is 79.9. The predicted molar refractivity (Wildman–Crippen MR) is 82.8 cm³/mol. The van der Waals surface area contributed by atoms with Crippen LogP contribution in [-0.4, -0.2) is 41.0 Å². The Labute approximate surface area is 141 Å². The molecule has 0 aliphatic carbocycles. The number of fused-ring (bicyclic) bond motifs is 1. The van der Waals surface area contributed by atoms with E-state index in [-0.39, 0.29) is 25.8 Å². The van der Waals surface area contributed by atoms with Crippen LogP contribution >= 0.6 is 15.9 Å². The quantitative estimate of drug-likeness (QED) is 0.588. The van der Waals surface area contributed by atoms with Gasteiger partial charge in [0.15, 0.2) is 11.5 Å². The third kappa shape index (κ3) is 2.78. The lowest BCUT2D eigenvalue weighted by molar-refractivity contribution is -0.143. The van der Waals surface area contributed by atoms with Gasteiger partial charge < -0.3 is 9.47 Å². The number of hydrogen-bond acceptors (Lipinski definition) is 5. The first-order valence-corrected chi connectivity index (χ1v) is 7.93. The van der Waals surface area contributed by atoms with Crippen molar-refractivity contribution in [3.05, 3.63) is 22.2 Å². The molecule has 4 amide bonds. The van der Waals surface area contributed by atoms with Crippen LogP contribution in [0.5, 0.6) is 11.5 Å². The Morgan fingerprint density at radius 1 is 1.09 bits per heavy atom. The molecule has 0 N–H and O–H groups in total. The molecule has 0 atom stereocenters. The average molecular weight is 383 g/mol. The Morgan fingerprint density at radius 3 is 2.35 bits per heavy atom. The van der Waals surface area contributed by atoms with E-state index in [0.29, 0.717) is 21.5 Å². The van der Waals surface area contributed by atoms with Gasteiger partial charge >= 0.3 is 17.8 Å². The van der Waals surface area contributed by atoms with E-state index in [0.717, 1.165) is 9.80 Å². The first-order valence-electron chi connectivity index (χ1n) is 7.14. The summed E-state index contributed by atoms with van der Waals surface area (Å²) in [5, 5.41) is 0.